The molecule has 202 valence electrons. The molecule has 2 aromatic carbocycles. The number of pyridine rings is 1. The van der Waals surface area contributed by atoms with Gasteiger partial charge in [0.2, 0.25) is 10.0 Å². The molecule has 0 atom stereocenters. The van der Waals surface area contributed by atoms with Crippen molar-refractivity contribution in [1.82, 2.24) is 24.8 Å². The lowest BCUT2D eigenvalue weighted by atomic mass is 9.95. The molecule has 1 aliphatic heterocycles. The molecule has 0 bridgehead atoms. The summed E-state index contributed by atoms with van der Waals surface area (Å²) in [7, 11) is -3.66. The van der Waals surface area contributed by atoms with Gasteiger partial charge in [0, 0.05) is 44.5 Å². The van der Waals surface area contributed by atoms with E-state index in [4.69, 9.17) is 4.74 Å². The molecular weight excluding hydrogens is 516 g/mol. The molecule has 10 nitrogen and oxygen atoms in total. The number of piperazine rings is 1. The number of benzene rings is 2. The van der Waals surface area contributed by atoms with Gasteiger partial charge in [-0.05, 0) is 47.0 Å². The van der Waals surface area contributed by atoms with Crippen molar-refractivity contribution in [2.24, 2.45) is 0 Å². The summed E-state index contributed by atoms with van der Waals surface area (Å²) in [6.07, 6.45) is 4.53. The highest BCUT2D eigenvalue weighted by Gasteiger charge is 2.21. The number of aromatic nitrogens is 3. The first-order valence-corrected chi connectivity index (χ1v) is 14.6. The Kier molecular flexibility index (Phi) is 7.71. The first-order valence-electron chi connectivity index (χ1n) is 12.7. The van der Waals surface area contributed by atoms with Crippen molar-refractivity contribution in [2.45, 2.75) is 13.5 Å². The van der Waals surface area contributed by atoms with Crippen LogP contribution in [0.4, 0.5) is 5.82 Å². The molecular formula is C28H30N6O4S. The van der Waals surface area contributed by atoms with Crippen molar-refractivity contribution in [1.29, 1.82) is 0 Å². The molecule has 4 aromatic rings. The van der Waals surface area contributed by atoms with E-state index in [1.807, 2.05) is 23.9 Å². The van der Waals surface area contributed by atoms with Crippen LogP contribution >= 0.6 is 0 Å². The summed E-state index contributed by atoms with van der Waals surface area (Å²) >= 11 is 0. The number of fused-ring (bicyclic) bond motifs is 1. The minimum Gasteiger partial charge on any atom is -0.492 e. The molecule has 2 aromatic heterocycles. The van der Waals surface area contributed by atoms with E-state index in [0.29, 0.717) is 12.4 Å². The smallest absolute Gasteiger partial charge is 0.285 e. The maximum atomic E-state index is 12.0. The Balaban J connectivity index is 1.27. The topological polar surface area (TPSA) is 118 Å². The standard InChI is InChI=1S/C28H30N6O4S/c1-3-38-22-16-21(17-29-18-22)24-9-8-20(23-6-4-5-7-25(23)24)19-33-12-14-34(15-13-33)27-11-10-26(30-31-27)28(35)32-39(2,36)37/h4-11,16-18H,3,12-15,19H2,1-2H3,(H,32,35). The zero-order chi connectivity index (χ0) is 27.4. The Morgan fingerprint density at radius 2 is 1.74 bits per heavy atom. The summed E-state index contributed by atoms with van der Waals surface area (Å²) < 4.78 is 30.1. The third-order valence-corrected chi connectivity index (χ3v) is 7.16. The lowest BCUT2D eigenvalue weighted by Crippen LogP contribution is -2.46. The Labute approximate surface area is 227 Å². The van der Waals surface area contributed by atoms with Gasteiger partial charge >= 0.3 is 0 Å². The minimum absolute atomic E-state index is 0.0430. The fraction of sp³-hybridized carbons (Fsp3) is 0.286. The molecule has 0 aliphatic carbocycles. The largest absolute Gasteiger partial charge is 0.492 e. The highest BCUT2D eigenvalue weighted by molar-refractivity contribution is 7.89. The molecule has 0 unspecified atom stereocenters. The lowest BCUT2D eigenvalue weighted by Gasteiger charge is -2.35. The second-order valence-electron chi connectivity index (χ2n) is 9.40. The summed E-state index contributed by atoms with van der Waals surface area (Å²) in [5.74, 6) is 0.624. The number of nitrogens with zero attached hydrogens (tertiary/aromatic N) is 5. The molecule has 0 saturated carbocycles. The van der Waals surface area contributed by atoms with Gasteiger partial charge < -0.3 is 9.64 Å². The van der Waals surface area contributed by atoms with Crippen molar-refractivity contribution >= 4 is 32.5 Å². The van der Waals surface area contributed by atoms with Crippen molar-refractivity contribution in [3.05, 3.63) is 78.2 Å². The summed E-state index contributed by atoms with van der Waals surface area (Å²) in [6.45, 7) is 6.58. The van der Waals surface area contributed by atoms with Gasteiger partial charge in [-0.25, -0.2) is 13.1 Å². The Morgan fingerprint density at radius 1 is 0.974 bits per heavy atom. The molecule has 1 saturated heterocycles. The van der Waals surface area contributed by atoms with E-state index in [1.54, 1.807) is 12.3 Å². The van der Waals surface area contributed by atoms with Crippen LogP contribution in [0.25, 0.3) is 21.9 Å². The van der Waals surface area contributed by atoms with E-state index in [2.05, 4.69) is 61.4 Å². The monoisotopic (exact) mass is 546 g/mol. The van der Waals surface area contributed by atoms with Crippen LogP contribution in [0.15, 0.2) is 67.0 Å². The molecule has 11 heteroatoms. The van der Waals surface area contributed by atoms with Crippen LogP contribution in [0.3, 0.4) is 0 Å². The zero-order valence-corrected chi connectivity index (χ0v) is 22.7. The van der Waals surface area contributed by atoms with E-state index in [0.717, 1.165) is 55.9 Å². The molecule has 3 heterocycles. The quantitative estimate of drug-likeness (QED) is 0.356. The van der Waals surface area contributed by atoms with Gasteiger partial charge in [-0.15, -0.1) is 10.2 Å². The fourth-order valence-electron chi connectivity index (χ4n) is 4.77. The third kappa shape index (κ3) is 6.32. The molecule has 1 amide bonds. The predicted octanol–water partition coefficient (Wildman–Crippen LogP) is 3.10. The molecule has 0 spiro atoms. The van der Waals surface area contributed by atoms with Gasteiger partial charge in [0.1, 0.15) is 5.75 Å². The number of anilines is 1. The average Bonchev–Trinajstić information content (AvgIpc) is 2.93. The van der Waals surface area contributed by atoms with Crippen LogP contribution < -0.4 is 14.4 Å². The first-order chi connectivity index (χ1) is 18.8. The number of carbonyl (C=O) groups is 1. The van der Waals surface area contributed by atoms with Crippen molar-refractivity contribution in [3.8, 4) is 16.9 Å². The van der Waals surface area contributed by atoms with E-state index < -0.39 is 15.9 Å². The summed E-state index contributed by atoms with van der Waals surface area (Å²) in [4.78, 5) is 20.9. The molecule has 39 heavy (non-hydrogen) atoms. The number of hydrogen-bond donors (Lipinski definition) is 1. The number of hydrogen-bond acceptors (Lipinski definition) is 9. The summed E-state index contributed by atoms with van der Waals surface area (Å²) in [5, 5.41) is 10.5. The van der Waals surface area contributed by atoms with Crippen LogP contribution in [0, 0.1) is 0 Å². The van der Waals surface area contributed by atoms with Crippen LogP contribution in [0.2, 0.25) is 0 Å². The van der Waals surface area contributed by atoms with E-state index in [-0.39, 0.29) is 5.69 Å². The Bertz CT molecular complexity index is 1590. The van der Waals surface area contributed by atoms with Gasteiger partial charge in [0.05, 0.1) is 19.1 Å². The highest BCUT2D eigenvalue weighted by Crippen LogP contribution is 2.32. The number of rotatable bonds is 8. The fourth-order valence-corrected chi connectivity index (χ4v) is 5.22. The van der Waals surface area contributed by atoms with E-state index >= 15 is 0 Å². The van der Waals surface area contributed by atoms with Crippen molar-refractivity contribution in [3.63, 3.8) is 0 Å². The normalized spacial score (nSPS) is 14.4. The maximum absolute atomic E-state index is 12.0. The van der Waals surface area contributed by atoms with E-state index in [1.165, 1.54) is 22.4 Å². The molecule has 1 fully saturated rings. The molecule has 5 rings (SSSR count). The summed E-state index contributed by atoms with van der Waals surface area (Å²) in [6, 6.07) is 18.0. The van der Waals surface area contributed by atoms with Crippen LogP contribution in [0.5, 0.6) is 5.75 Å². The van der Waals surface area contributed by atoms with Crippen LogP contribution in [0.1, 0.15) is 23.0 Å². The number of carbonyl (C=O) groups excluding carboxylic acids is 1. The van der Waals surface area contributed by atoms with Crippen LogP contribution in [-0.2, 0) is 16.6 Å². The van der Waals surface area contributed by atoms with Gasteiger partial charge in [0.25, 0.3) is 5.91 Å². The highest BCUT2D eigenvalue weighted by atomic mass is 32.2. The first kappa shape index (κ1) is 26.5. The number of nitrogens with one attached hydrogen (secondary N) is 1. The van der Waals surface area contributed by atoms with Gasteiger partial charge in [-0.1, -0.05) is 36.4 Å². The summed E-state index contributed by atoms with van der Waals surface area (Å²) in [5.41, 5.74) is 3.37. The predicted molar refractivity (Wildman–Crippen MR) is 150 cm³/mol. The minimum atomic E-state index is -3.66. The zero-order valence-electron chi connectivity index (χ0n) is 21.9. The second-order valence-corrected chi connectivity index (χ2v) is 11.2. The number of amides is 1. The van der Waals surface area contributed by atoms with Crippen molar-refractivity contribution < 1.29 is 17.9 Å². The molecule has 1 N–H and O–H groups in total. The number of sulfonamides is 1. The molecule has 1 aliphatic rings. The SMILES string of the molecule is CCOc1cncc(-c2ccc(CN3CCN(c4ccc(C(=O)NS(C)(=O)=O)nn4)CC3)c3ccccc23)c1. The second kappa shape index (κ2) is 11.3. The van der Waals surface area contributed by atoms with Crippen LogP contribution in [-0.4, -0.2) is 73.4 Å². The van der Waals surface area contributed by atoms with Gasteiger partial charge in [-0.2, -0.15) is 0 Å². The lowest BCUT2D eigenvalue weighted by molar-refractivity contribution is 0.0976. The third-order valence-electron chi connectivity index (χ3n) is 6.60. The van der Waals surface area contributed by atoms with Gasteiger partial charge in [-0.3, -0.25) is 14.7 Å². The average molecular weight is 547 g/mol. The van der Waals surface area contributed by atoms with Crippen molar-refractivity contribution in [2.75, 3.05) is 43.9 Å². The Hall–Kier alpha value is -4.09. The maximum Gasteiger partial charge on any atom is 0.285 e. The Morgan fingerprint density at radius 3 is 2.44 bits per heavy atom. The number of ether oxygens (including phenoxy) is 1. The molecule has 0 radical (unpaired) electrons. The van der Waals surface area contributed by atoms with E-state index in [9.17, 15) is 13.2 Å². The van der Waals surface area contributed by atoms with Gasteiger partial charge in [0.15, 0.2) is 11.5 Å².